The molecule has 0 bridgehead atoms. The highest BCUT2D eigenvalue weighted by atomic mass is 16.5. The second kappa shape index (κ2) is 14.5. The van der Waals surface area contributed by atoms with Gasteiger partial charge in [-0.05, 0) is 85.2 Å². The molecule has 0 fully saturated rings. The number of hydrogen-bond acceptors (Lipinski definition) is 9. The summed E-state index contributed by atoms with van der Waals surface area (Å²) >= 11 is 0. The molecule has 0 saturated carbocycles. The fraction of sp³-hybridized carbons (Fsp3) is 0.314. The maximum absolute atomic E-state index is 11.2. The number of hydrogen-bond donors (Lipinski definition) is 4. The summed E-state index contributed by atoms with van der Waals surface area (Å²) in [5.74, 6) is 2.08. The molecule has 0 spiro atoms. The van der Waals surface area contributed by atoms with Crippen LogP contribution in [0.1, 0.15) is 46.6 Å². The van der Waals surface area contributed by atoms with Crippen molar-refractivity contribution < 1.29 is 44.1 Å². The molecule has 0 amide bonds. The van der Waals surface area contributed by atoms with Gasteiger partial charge in [0.15, 0.2) is 34.5 Å². The van der Waals surface area contributed by atoms with Crippen LogP contribution in [0.3, 0.4) is 0 Å². The monoisotopic (exact) mass is 604 g/mol. The number of phenolic OH excluding ortho intramolecular Hbond substituents is 4. The summed E-state index contributed by atoms with van der Waals surface area (Å²) in [5, 5.41) is 42.1. The van der Waals surface area contributed by atoms with E-state index in [2.05, 4.69) is 0 Å². The Morgan fingerprint density at radius 3 is 1.57 bits per heavy atom. The predicted molar refractivity (Wildman–Crippen MR) is 167 cm³/mol. The first-order valence-electron chi connectivity index (χ1n) is 14.3. The second-order valence-electron chi connectivity index (χ2n) is 10.4. The van der Waals surface area contributed by atoms with Crippen LogP contribution in [0.15, 0.2) is 60.7 Å². The minimum Gasteiger partial charge on any atom is -0.508 e. The van der Waals surface area contributed by atoms with Gasteiger partial charge in [0.2, 0.25) is 0 Å². The Morgan fingerprint density at radius 1 is 0.477 bits per heavy atom. The Balaban J connectivity index is 1.71. The summed E-state index contributed by atoms with van der Waals surface area (Å²) < 4.78 is 27.3. The van der Waals surface area contributed by atoms with Crippen molar-refractivity contribution in [2.45, 2.75) is 38.0 Å². The van der Waals surface area contributed by atoms with Crippen molar-refractivity contribution in [3.63, 3.8) is 0 Å². The third-order valence-corrected chi connectivity index (χ3v) is 7.84. The van der Waals surface area contributed by atoms with E-state index in [1.807, 2.05) is 24.3 Å². The summed E-state index contributed by atoms with van der Waals surface area (Å²) in [6.07, 6.45) is 3.14. The van der Waals surface area contributed by atoms with Gasteiger partial charge in [0.1, 0.15) is 17.2 Å². The van der Waals surface area contributed by atoms with Gasteiger partial charge in [-0.3, -0.25) is 0 Å². The number of ether oxygens (including phenoxy) is 5. The molecule has 9 heteroatoms. The third kappa shape index (κ3) is 7.16. The zero-order valence-electron chi connectivity index (χ0n) is 25.7. The van der Waals surface area contributed by atoms with E-state index < -0.39 is 0 Å². The SMILES string of the molecule is COc1cc(CCCc2cc(C(CCc3ccc(O)c(OC)c3)c3cc(OC)c(OC)cc3O)c(OC)cc2O)ccc1O. The molecule has 4 N–H and O–H groups in total. The molecule has 1 atom stereocenters. The van der Waals surface area contributed by atoms with Crippen molar-refractivity contribution in [2.24, 2.45) is 0 Å². The summed E-state index contributed by atoms with van der Waals surface area (Å²) in [6.45, 7) is 0. The lowest BCUT2D eigenvalue weighted by Crippen LogP contribution is -2.08. The van der Waals surface area contributed by atoms with E-state index in [-0.39, 0.29) is 28.9 Å². The summed E-state index contributed by atoms with van der Waals surface area (Å²) in [7, 11) is 7.62. The second-order valence-corrected chi connectivity index (χ2v) is 10.4. The molecule has 0 aliphatic carbocycles. The molecule has 9 nitrogen and oxygen atoms in total. The van der Waals surface area contributed by atoms with Gasteiger partial charge < -0.3 is 44.1 Å². The molecule has 4 aromatic carbocycles. The predicted octanol–water partition coefficient (Wildman–Crippen LogP) is 6.49. The Labute approximate surface area is 257 Å². The Bertz CT molecular complexity index is 1580. The minimum absolute atomic E-state index is 0.0360. The number of benzene rings is 4. The van der Waals surface area contributed by atoms with E-state index >= 15 is 0 Å². The van der Waals surface area contributed by atoms with Gasteiger partial charge in [0.25, 0.3) is 0 Å². The molecule has 44 heavy (non-hydrogen) atoms. The maximum Gasteiger partial charge on any atom is 0.164 e. The van der Waals surface area contributed by atoms with E-state index in [1.165, 1.54) is 27.4 Å². The van der Waals surface area contributed by atoms with Crippen LogP contribution in [0.25, 0.3) is 0 Å². The van der Waals surface area contributed by atoms with E-state index in [0.29, 0.717) is 60.0 Å². The van der Waals surface area contributed by atoms with Gasteiger partial charge in [-0.15, -0.1) is 0 Å². The molecule has 0 heterocycles. The largest absolute Gasteiger partial charge is 0.508 e. The van der Waals surface area contributed by atoms with Crippen LogP contribution in [0, 0.1) is 0 Å². The highest BCUT2D eigenvalue weighted by Gasteiger charge is 2.25. The lowest BCUT2D eigenvalue weighted by molar-refractivity contribution is 0.349. The van der Waals surface area contributed by atoms with Crippen molar-refractivity contribution in [3.8, 4) is 51.7 Å². The van der Waals surface area contributed by atoms with Gasteiger partial charge in [-0.25, -0.2) is 0 Å². The average molecular weight is 605 g/mol. The summed E-state index contributed by atoms with van der Waals surface area (Å²) in [6, 6.07) is 17.3. The topological polar surface area (TPSA) is 127 Å². The van der Waals surface area contributed by atoms with Gasteiger partial charge in [0.05, 0.1) is 35.5 Å². The third-order valence-electron chi connectivity index (χ3n) is 7.84. The molecule has 0 aliphatic rings. The molecule has 4 rings (SSSR count). The normalized spacial score (nSPS) is 11.6. The lowest BCUT2D eigenvalue weighted by Gasteiger charge is -2.24. The lowest BCUT2D eigenvalue weighted by atomic mass is 9.83. The van der Waals surface area contributed by atoms with E-state index in [1.54, 1.807) is 44.6 Å². The van der Waals surface area contributed by atoms with E-state index in [0.717, 1.165) is 28.7 Å². The number of aromatic hydroxyl groups is 4. The molecular formula is C35H40O9. The molecule has 0 radical (unpaired) electrons. The quantitative estimate of drug-likeness (QED) is 0.128. The molecule has 4 aromatic rings. The van der Waals surface area contributed by atoms with Crippen molar-refractivity contribution >= 4 is 0 Å². The zero-order valence-corrected chi connectivity index (χ0v) is 25.7. The smallest absolute Gasteiger partial charge is 0.164 e. The Kier molecular flexibility index (Phi) is 10.6. The van der Waals surface area contributed by atoms with Crippen LogP contribution in [0.4, 0.5) is 0 Å². The van der Waals surface area contributed by atoms with Crippen molar-refractivity contribution in [1.82, 2.24) is 0 Å². The molecule has 0 saturated heterocycles. The van der Waals surface area contributed by atoms with E-state index in [9.17, 15) is 20.4 Å². The van der Waals surface area contributed by atoms with Crippen LogP contribution in [0.5, 0.6) is 51.7 Å². The van der Waals surface area contributed by atoms with Gasteiger partial charge in [-0.1, -0.05) is 12.1 Å². The van der Waals surface area contributed by atoms with Gasteiger partial charge >= 0.3 is 0 Å². The Hall–Kier alpha value is -4.92. The van der Waals surface area contributed by atoms with E-state index in [4.69, 9.17) is 23.7 Å². The summed E-state index contributed by atoms with van der Waals surface area (Å²) in [4.78, 5) is 0. The van der Waals surface area contributed by atoms with Crippen molar-refractivity contribution in [2.75, 3.05) is 35.5 Å². The summed E-state index contributed by atoms with van der Waals surface area (Å²) in [5.41, 5.74) is 4.08. The molecular weight excluding hydrogens is 564 g/mol. The van der Waals surface area contributed by atoms with Crippen LogP contribution in [-0.4, -0.2) is 56.0 Å². The fourth-order valence-corrected chi connectivity index (χ4v) is 5.47. The molecule has 0 aromatic heterocycles. The molecule has 1 unspecified atom stereocenters. The molecule has 0 aliphatic heterocycles. The highest BCUT2D eigenvalue weighted by Crippen LogP contribution is 2.45. The number of phenols is 4. The van der Waals surface area contributed by atoms with Gasteiger partial charge in [0, 0.05) is 29.2 Å². The van der Waals surface area contributed by atoms with Crippen LogP contribution in [0.2, 0.25) is 0 Å². The number of aryl methyl sites for hydroxylation is 3. The Morgan fingerprint density at radius 2 is 1.00 bits per heavy atom. The van der Waals surface area contributed by atoms with Crippen LogP contribution in [-0.2, 0) is 19.3 Å². The van der Waals surface area contributed by atoms with Crippen molar-refractivity contribution in [3.05, 3.63) is 88.5 Å². The average Bonchev–Trinajstić information content (AvgIpc) is 3.03. The zero-order chi connectivity index (χ0) is 31.8. The first-order valence-corrected chi connectivity index (χ1v) is 14.3. The van der Waals surface area contributed by atoms with Crippen molar-refractivity contribution in [1.29, 1.82) is 0 Å². The first-order chi connectivity index (χ1) is 21.2. The highest BCUT2D eigenvalue weighted by molar-refractivity contribution is 5.57. The number of methoxy groups -OCH3 is 5. The standard InChI is InChI=1S/C35H40O9/c1-40-31-19-29(38)23(8-6-7-21-10-13-27(36)32(15-21)41-2)17-26(31)24(12-9-22-11-14-28(37)33(16-22)42-3)25-18-34(43-4)35(44-5)20-30(25)39/h10-11,13-20,24,36-39H,6-9,12H2,1-5H3. The maximum atomic E-state index is 11.2. The minimum atomic E-state index is -0.370. The van der Waals surface area contributed by atoms with Gasteiger partial charge in [-0.2, -0.15) is 0 Å². The van der Waals surface area contributed by atoms with Crippen LogP contribution >= 0.6 is 0 Å². The van der Waals surface area contributed by atoms with Crippen LogP contribution < -0.4 is 23.7 Å². The first kappa shape index (κ1) is 32.0. The molecule has 234 valence electrons. The number of rotatable bonds is 14. The fourth-order valence-electron chi connectivity index (χ4n) is 5.47.